The van der Waals surface area contributed by atoms with Crippen LogP contribution in [-0.4, -0.2) is 25.8 Å². The van der Waals surface area contributed by atoms with E-state index in [0.29, 0.717) is 4.47 Å². The smallest absolute Gasteiger partial charge is 0.207 e. The van der Waals surface area contributed by atoms with Crippen LogP contribution in [0.5, 0.6) is 0 Å². The van der Waals surface area contributed by atoms with Crippen molar-refractivity contribution < 1.29 is 12.8 Å². The third-order valence-corrected chi connectivity index (χ3v) is 5.83. The Morgan fingerprint density at radius 1 is 1.33 bits per heavy atom. The first kappa shape index (κ1) is 14.0. The second-order valence-corrected chi connectivity index (χ2v) is 7.42. The molecule has 1 aliphatic carbocycles. The van der Waals surface area contributed by atoms with Gasteiger partial charge in [-0.2, -0.15) is 4.31 Å². The number of benzene rings is 1. The molecule has 1 fully saturated rings. The minimum absolute atomic E-state index is 0.00181. The second kappa shape index (κ2) is 5.27. The van der Waals surface area contributed by atoms with Crippen molar-refractivity contribution in [3.63, 3.8) is 0 Å². The van der Waals surface area contributed by atoms with Crippen LogP contribution >= 0.6 is 15.9 Å². The fourth-order valence-corrected chi connectivity index (χ4v) is 4.10. The summed E-state index contributed by atoms with van der Waals surface area (Å²) in [6, 6.07) is 4.02. The second-order valence-electron chi connectivity index (χ2n) is 4.53. The van der Waals surface area contributed by atoms with E-state index >= 15 is 0 Å². The summed E-state index contributed by atoms with van der Waals surface area (Å²) < 4.78 is 40.2. The molecule has 2 rings (SSSR count). The lowest BCUT2D eigenvalue weighted by molar-refractivity contribution is 0.370. The molecule has 100 valence electrons. The Balaban J connectivity index is 2.35. The zero-order valence-corrected chi connectivity index (χ0v) is 12.5. The molecule has 0 saturated heterocycles. The Morgan fingerprint density at radius 2 is 1.94 bits per heavy atom. The van der Waals surface area contributed by atoms with E-state index in [1.54, 1.807) is 6.07 Å². The number of hydrogen-bond acceptors (Lipinski definition) is 2. The largest absolute Gasteiger partial charge is 0.245 e. The molecule has 0 amide bonds. The van der Waals surface area contributed by atoms with Crippen molar-refractivity contribution in [1.82, 2.24) is 4.31 Å². The number of hydrogen-bond donors (Lipinski definition) is 0. The van der Waals surface area contributed by atoms with Gasteiger partial charge >= 0.3 is 0 Å². The molecular formula is C12H15BrFNO2S. The highest BCUT2D eigenvalue weighted by Gasteiger charge is 2.31. The maximum atomic E-state index is 13.8. The fraction of sp³-hybridized carbons (Fsp3) is 0.500. The van der Waals surface area contributed by atoms with Gasteiger partial charge in [0.25, 0.3) is 0 Å². The van der Waals surface area contributed by atoms with Crippen molar-refractivity contribution in [2.24, 2.45) is 0 Å². The highest BCUT2D eigenvalue weighted by molar-refractivity contribution is 9.10. The van der Waals surface area contributed by atoms with Crippen LogP contribution in [0.4, 0.5) is 4.39 Å². The van der Waals surface area contributed by atoms with E-state index in [0.717, 1.165) is 25.7 Å². The lowest BCUT2D eigenvalue weighted by Gasteiger charge is -2.23. The number of rotatable bonds is 3. The van der Waals surface area contributed by atoms with E-state index in [1.807, 2.05) is 0 Å². The molecule has 0 spiro atoms. The van der Waals surface area contributed by atoms with Crippen LogP contribution in [-0.2, 0) is 10.0 Å². The zero-order valence-electron chi connectivity index (χ0n) is 10.1. The van der Waals surface area contributed by atoms with Crippen LogP contribution < -0.4 is 0 Å². The van der Waals surface area contributed by atoms with Crippen molar-refractivity contribution in [1.29, 1.82) is 0 Å². The van der Waals surface area contributed by atoms with Gasteiger partial charge in [-0.05, 0) is 31.0 Å². The summed E-state index contributed by atoms with van der Waals surface area (Å²) in [4.78, 5) is -0.250. The van der Waals surface area contributed by atoms with Crippen LogP contribution in [0.15, 0.2) is 27.6 Å². The van der Waals surface area contributed by atoms with E-state index in [9.17, 15) is 12.8 Å². The summed E-state index contributed by atoms with van der Waals surface area (Å²) in [5, 5.41) is 0. The third-order valence-electron chi connectivity index (χ3n) is 3.39. The summed E-state index contributed by atoms with van der Waals surface area (Å²) in [6.45, 7) is 0. The van der Waals surface area contributed by atoms with Crippen molar-refractivity contribution in [3.05, 3.63) is 28.5 Å². The summed E-state index contributed by atoms with van der Waals surface area (Å²) in [5.41, 5.74) is 0. The lowest BCUT2D eigenvalue weighted by Crippen LogP contribution is -2.35. The Morgan fingerprint density at radius 3 is 2.50 bits per heavy atom. The number of nitrogens with zero attached hydrogens (tertiary/aromatic N) is 1. The maximum absolute atomic E-state index is 13.8. The highest BCUT2D eigenvalue weighted by atomic mass is 79.9. The van der Waals surface area contributed by atoms with Crippen molar-refractivity contribution >= 4 is 26.0 Å². The minimum atomic E-state index is -3.73. The standard InChI is InChI=1S/C12H15BrFNO2S/c1-15(10-4-2-3-5-10)18(16,17)12-7-6-9(13)8-11(12)14/h6-8,10H,2-5H2,1H3. The molecule has 0 heterocycles. The van der Waals surface area contributed by atoms with E-state index in [-0.39, 0.29) is 10.9 Å². The summed E-state index contributed by atoms with van der Waals surface area (Å²) in [7, 11) is -2.20. The molecule has 6 heteroatoms. The van der Waals surface area contributed by atoms with Crippen LogP contribution in [0.3, 0.4) is 0 Å². The van der Waals surface area contributed by atoms with E-state index in [4.69, 9.17) is 0 Å². The molecule has 0 bridgehead atoms. The molecular weight excluding hydrogens is 321 g/mol. The molecule has 0 aromatic heterocycles. The molecule has 1 aromatic rings. The van der Waals surface area contributed by atoms with Gasteiger partial charge in [-0.15, -0.1) is 0 Å². The van der Waals surface area contributed by atoms with Gasteiger partial charge in [0.1, 0.15) is 10.7 Å². The molecule has 1 saturated carbocycles. The van der Waals surface area contributed by atoms with Crippen molar-refractivity contribution in [3.8, 4) is 0 Å². The van der Waals surface area contributed by atoms with Gasteiger partial charge in [0.05, 0.1) is 0 Å². The molecule has 1 aromatic carbocycles. The topological polar surface area (TPSA) is 37.4 Å². The average molecular weight is 336 g/mol. The van der Waals surface area contributed by atoms with E-state index in [2.05, 4.69) is 15.9 Å². The number of sulfonamides is 1. The maximum Gasteiger partial charge on any atom is 0.245 e. The van der Waals surface area contributed by atoms with E-state index in [1.165, 1.54) is 23.5 Å². The minimum Gasteiger partial charge on any atom is -0.207 e. The van der Waals surface area contributed by atoms with Crippen molar-refractivity contribution in [2.75, 3.05) is 7.05 Å². The molecule has 0 unspecified atom stereocenters. The first-order valence-electron chi connectivity index (χ1n) is 5.86. The van der Waals surface area contributed by atoms with Gasteiger partial charge in [0.15, 0.2) is 0 Å². The predicted octanol–water partition coefficient (Wildman–Crippen LogP) is 3.15. The third kappa shape index (κ3) is 2.60. The quantitative estimate of drug-likeness (QED) is 0.850. The predicted molar refractivity (Wildman–Crippen MR) is 71.3 cm³/mol. The normalized spacial score (nSPS) is 17.6. The van der Waals surface area contributed by atoms with Gasteiger partial charge in [0, 0.05) is 17.6 Å². The molecule has 18 heavy (non-hydrogen) atoms. The Hall–Kier alpha value is -0.460. The van der Waals surface area contributed by atoms with E-state index < -0.39 is 15.8 Å². The zero-order chi connectivity index (χ0) is 13.3. The summed E-state index contributed by atoms with van der Waals surface area (Å²) >= 11 is 3.12. The summed E-state index contributed by atoms with van der Waals surface area (Å²) in [6.07, 6.45) is 3.78. The first-order valence-corrected chi connectivity index (χ1v) is 8.09. The molecule has 0 N–H and O–H groups in total. The van der Waals surface area contributed by atoms with Gasteiger partial charge in [-0.25, -0.2) is 12.8 Å². The average Bonchev–Trinajstić information content (AvgIpc) is 2.80. The van der Waals surface area contributed by atoms with Gasteiger partial charge < -0.3 is 0 Å². The van der Waals surface area contributed by atoms with Crippen LogP contribution in [0.25, 0.3) is 0 Å². The van der Waals surface area contributed by atoms with Crippen LogP contribution in [0, 0.1) is 5.82 Å². The van der Waals surface area contributed by atoms with Crippen molar-refractivity contribution in [2.45, 2.75) is 36.6 Å². The monoisotopic (exact) mass is 335 g/mol. The van der Waals surface area contributed by atoms with Gasteiger partial charge in [-0.1, -0.05) is 28.8 Å². The first-order chi connectivity index (χ1) is 8.43. The molecule has 0 radical (unpaired) electrons. The van der Waals surface area contributed by atoms with Crippen LogP contribution in [0.2, 0.25) is 0 Å². The Kier molecular flexibility index (Phi) is 4.08. The Bertz CT molecular complexity index is 541. The fourth-order valence-electron chi connectivity index (χ4n) is 2.30. The Labute approximate surface area is 115 Å². The van der Waals surface area contributed by atoms with Crippen LogP contribution in [0.1, 0.15) is 25.7 Å². The molecule has 3 nitrogen and oxygen atoms in total. The molecule has 0 atom stereocenters. The SMILES string of the molecule is CN(C1CCCC1)S(=O)(=O)c1ccc(Br)cc1F. The highest BCUT2D eigenvalue weighted by Crippen LogP contribution is 2.29. The number of halogens is 2. The lowest BCUT2D eigenvalue weighted by atomic mass is 10.3. The van der Waals surface area contributed by atoms with Gasteiger partial charge in [-0.3, -0.25) is 0 Å². The molecule has 1 aliphatic rings. The molecule has 0 aliphatic heterocycles. The van der Waals surface area contributed by atoms with Gasteiger partial charge in [0.2, 0.25) is 10.0 Å². The summed E-state index contributed by atoms with van der Waals surface area (Å²) in [5.74, 6) is -0.714.